The number of pyridine rings is 1. The van der Waals surface area contributed by atoms with Gasteiger partial charge in [0.1, 0.15) is 5.75 Å². The number of ether oxygens (including phenoxy) is 1. The van der Waals surface area contributed by atoms with Crippen LogP contribution in [0.3, 0.4) is 0 Å². The third-order valence-electron chi connectivity index (χ3n) is 3.02. The minimum Gasteiger partial charge on any atom is -0.497 e. The zero-order valence-corrected chi connectivity index (χ0v) is 12.0. The van der Waals surface area contributed by atoms with Gasteiger partial charge in [-0.05, 0) is 42.5 Å². The van der Waals surface area contributed by atoms with Crippen molar-refractivity contribution in [3.05, 3.63) is 54.9 Å². The summed E-state index contributed by atoms with van der Waals surface area (Å²) >= 11 is 0. The number of rotatable bonds is 4. The molecule has 0 radical (unpaired) electrons. The van der Waals surface area contributed by atoms with Crippen LogP contribution in [0.5, 0.6) is 5.75 Å². The molecule has 0 aliphatic carbocycles. The van der Waals surface area contributed by atoms with Gasteiger partial charge >= 0.3 is 0 Å². The standard InChI is InChI=1S/C14H13N3O3S/c1-20-13-2-4-14(5-3-13)21(18,19)16-11-7-9-17-12(10-11)6-8-15-17/h2-10,16H,1H3. The monoisotopic (exact) mass is 303 g/mol. The van der Waals surface area contributed by atoms with E-state index in [1.165, 1.54) is 19.2 Å². The first-order chi connectivity index (χ1) is 10.1. The zero-order chi connectivity index (χ0) is 14.9. The van der Waals surface area contributed by atoms with Crippen molar-refractivity contribution in [3.63, 3.8) is 0 Å². The minimum atomic E-state index is -3.63. The highest BCUT2D eigenvalue weighted by atomic mass is 32.2. The predicted molar refractivity (Wildman–Crippen MR) is 79.0 cm³/mol. The molecule has 2 aromatic heterocycles. The molecule has 0 aliphatic heterocycles. The number of benzene rings is 1. The molecule has 1 aromatic carbocycles. The van der Waals surface area contributed by atoms with Crippen molar-refractivity contribution in [2.45, 2.75) is 4.90 Å². The van der Waals surface area contributed by atoms with Crippen molar-refractivity contribution in [3.8, 4) is 5.75 Å². The van der Waals surface area contributed by atoms with Gasteiger partial charge in [-0.15, -0.1) is 0 Å². The third-order valence-corrected chi connectivity index (χ3v) is 4.42. The van der Waals surface area contributed by atoms with Gasteiger partial charge < -0.3 is 4.74 Å². The van der Waals surface area contributed by atoms with E-state index in [1.807, 2.05) is 0 Å². The first-order valence-corrected chi connectivity index (χ1v) is 7.67. The normalized spacial score (nSPS) is 11.5. The summed E-state index contributed by atoms with van der Waals surface area (Å²) in [5.41, 5.74) is 1.30. The lowest BCUT2D eigenvalue weighted by Gasteiger charge is -2.09. The second-order valence-corrected chi connectivity index (χ2v) is 6.08. The van der Waals surface area contributed by atoms with Crippen molar-refractivity contribution in [1.29, 1.82) is 0 Å². The lowest BCUT2D eigenvalue weighted by molar-refractivity contribution is 0.414. The average Bonchev–Trinajstić information content (AvgIpc) is 2.94. The van der Waals surface area contributed by atoms with Crippen molar-refractivity contribution < 1.29 is 13.2 Å². The molecule has 7 heteroatoms. The molecular formula is C14H13N3O3S. The van der Waals surface area contributed by atoms with E-state index in [9.17, 15) is 8.42 Å². The molecule has 3 rings (SSSR count). The second-order valence-electron chi connectivity index (χ2n) is 4.40. The number of anilines is 1. The number of nitrogens with zero attached hydrogens (tertiary/aromatic N) is 2. The highest BCUT2D eigenvalue weighted by molar-refractivity contribution is 7.92. The Bertz CT molecular complexity index is 870. The van der Waals surface area contributed by atoms with Gasteiger partial charge in [0.2, 0.25) is 0 Å². The first-order valence-electron chi connectivity index (χ1n) is 6.19. The Morgan fingerprint density at radius 3 is 2.62 bits per heavy atom. The molecule has 3 aromatic rings. The van der Waals surface area contributed by atoms with E-state index in [0.717, 1.165) is 5.52 Å². The summed E-state index contributed by atoms with van der Waals surface area (Å²) < 4.78 is 33.8. The lowest BCUT2D eigenvalue weighted by atomic mass is 10.3. The van der Waals surface area contributed by atoms with Crippen LogP contribution in [0.15, 0.2) is 59.8 Å². The molecule has 1 N–H and O–H groups in total. The Morgan fingerprint density at radius 1 is 1.14 bits per heavy atom. The molecule has 0 amide bonds. The van der Waals surface area contributed by atoms with E-state index >= 15 is 0 Å². The number of nitrogens with one attached hydrogen (secondary N) is 1. The van der Waals surface area contributed by atoms with Crippen molar-refractivity contribution >= 4 is 21.2 Å². The predicted octanol–water partition coefficient (Wildman–Crippen LogP) is 2.14. The highest BCUT2D eigenvalue weighted by Gasteiger charge is 2.14. The van der Waals surface area contributed by atoms with Crippen LogP contribution in [-0.2, 0) is 10.0 Å². The molecule has 0 unspecified atom stereocenters. The van der Waals surface area contributed by atoms with Gasteiger partial charge in [-0.25, -0.2) is 12.9 Å². The lowest BCUT2D eigenvalue weighted by Crippen LogP contribution is -2.13. The van der Waals surface area contributed by atoms with Gasteiger partial charge in [0.15, 0.2) is 0 Å². The van der Waals surface area contributed by atoms with Crippen LogP contribution < -0.4 is 9.46 Å². The topological polar surface area (TPSA) is 72.7 Å². The van der Waals surface area contributed by atoms with Crippen LogP contribution in [0.25, 0.3) is 5.52 Å². The van der Waals surface area contributed by atoms with Crippen LogP contribution in [0.1, 0.15) is 0 Å². The van der Waals surface area contributed by atoms with E-state index in [2.05, 4.69) is 9.82 Å². The zero-order valence-electron chi connectivity index (χ0n) is 11.2. The van der Waals surface area contributed by atoms with E-state index in [0.29, 0.717) is 11.4 Å². The molecule has 0 atom stereocenters. The number of fused-ring (bicyclic) bond motifs is 1. The maximum absolute atomic E-state index is 12.3. The summed E-state index contributed by atoms with van der Waals surface area (Å²) in [7, 11) is -2.09. The maximum atomic E-state index is 12.3. The maximum Gasteiger partial charge on any atom is 0.261 e. The Kier molecular flexibility index (Phi) is 3.26. The number of aromatic nitrogens is 2. The second kappa shape index (κ2) is 5.10. The molecule has 0 spiro atoms. The largest absolute Gasteiger partial charge is 0.497 e. The summed E-state index contributed by atoms with van der Waals surface area (Å²) in [4.78, 5) is 0.177. The third kappa shape index (κ3) is 2.68. The van der Waals surface area contributed by atoms with E-state index in [1.54, 1.807) is 47.2 Å². The van der Waals surface area contributed by atoms with Crippen LogP contribution in [0.4, 0.5) is 5.69 Å². The summed E-state index contributed by atoms with van der Waals surface area (Å²) in [5, 5.41) is 4.06. The summed E-state index contributed by atoms with van der Waals surface area (Å²) in [6.07, 6.45) is 3.35. The molecule has 0 aliphatic rings. The molecule has 0 saturated carbocycles. The van der Waals surface area contributed by atoms with E-state index in [-0.39, 0.29) is 4.90 Å². The molecule has 0 bridgehead atoms. The average molecular weight is 303 g/mol. The fraction of sp³-hybridized carbons (Fsp3) is 0.0714. The molecule has 6 nitrogen and oxygen atoms in total. The quantitative estimate of drug-likeness (QED) is 0.801. The summed E-state index contributed by atoms with van der Waals surface area (Å²) in [6.45, 7) is 0. The summed E-state index contributed by atoms with van der Waals surface area (Å²) in [5.74, 6) is 0.606. The van der Waals surface area contributed by atoms with Crippen LogP contribution in [-0.4, -0.2) is 25.1 Å². The number of hydrogen-bond donors (Lipinski definition) is 1. The minimum absolute atomic E-state index is 0.177. The number of hydrogen-bond acceptors (Lipinski definition) is 4. The Hall–Kier alpha value is -2.54. The van der Waals surface area contributed by atoms with Crippen LogP contribution in [0.2, 0.25) is 0 Å². The fourth-order valence-corrected chi connectivity index (χ4v) is 3.00. The van der Waals surface area contributed by atoms with E-state index < -0.39 is 10.0 Å². The number of sulfonamides is 1. The molecular weight excluding hydrogens is 290 g/mol. The van der Waals surface area contributed by atoms with Crippen LogP contribution in [0, 0.1) is 0 Å². The Balaban J connectivity index is 1.90. The van der Waals surface area contributed by atoms with Crippen molar-refractivity contribution in [2.24, 2.45) is 0 Å². The van der Waals surface area contributed by atoms with Gasteiger partial charge in [-0.3, -0.25) is 4.72 Å². The van der Waals surface area contributed by atoms with Crippen LogP contribution >= 0.6 is 0 Å². The molecule has 108 valence electrons. The van der Waals surface area contributed by atoms with Gasteiger partial charge in [-0.2, -0.15) is 5.10 Å². The molecule has 0 fully saturated rings. The van der Waals surface area contributed by atoms with E-state index in [4.69, 9.17) is 4.74 Å². The SMILES string of the molecule is COc1ccc(S(=O)(=O)Nc2ccn3nccc3c2)cc1. The van der Waals surface area contributed by atoms with Gasteiger partial charge in [-0.1, -0.05) is 0 Å². The fourth-order valence-electron chi connectivity index (χ4n) is 1.95. The smallest absolute Gasteiger partial charge is 0.261 e. The van der Waals surface area contributed by atoms with Crippen molar-refractivity contribution in [1.82, 2.24) is 9.61 Å². The Labute approximate surface area is 122 Å². The molecule has 2 heterocycles. The number of methoxy groups -OCH3 is 1. The van der Waals surface area contributed by atoms with Gasteiger partial charge in [0.25, 0.3) is 10.0 Å². The van der Waals surface area contributed by atoms with Gasteiger partial charge in [0.05, 0.1) is 23.2 Å². The molecule has 0 saturated heterocycles. The first kappa shape index (κ1) is 13.4. The summed E-state index contributed by atoms with van der Waals surface area (Å²) in [6, 6.07) is 11.4. The molecule has 21 heavy (non-hydrogen) atoms. The Morgan fingerprint density at radius 2 is 1.90 bits per heavy atom. The van der Waals surface area contributed by atoms with Crippen molar-refractivity contribution in [2.75, 3.05) is 11.8 Å². The van der Waals surface area contributed by atoms with Gasteiger partial charge in [0, 0.05) is 12.4 Å². The highest BCUT2D eigenvalue weighted by Crippen LogP contribution is 2.19.